The number of hydrogen-bond donors (Lipinski definition) is 3. The number of H-pyrrole nitrogens is 1. The fourth-order valence-corrected chi connectivity index (χ4v) is 4.27. The van der Waals surface area contributed by atoms with Crippen molar-refractivity contribution in [3.8, 4) is 0 Å². The summed E-state index contributed by atoms with van der Waals surface area (Å²) in [4.78, 5) is 31.7. The molecule has 164 valence electrons. The third kappa shape index (κ3) is 5.36. The molecule has 2 amide bonds. The summed E-state index contributed by atoms with van der Waals surface area (Å²) in [6.45, 7) is 5.93. The van der Waals surface area contributed by atoms with Gasteiger partial charge >= 0.3 is 0 Å². The minimum atomic E-state index is -0.559. The van der Waals surface area contributed by atoms with Gasteiger partial charge in [-0.1, -0.05) is 46.5 Å². The number of hydroxylamine groups is 2. The second kappa shape index (κ2) is 9.12. The lowest BCUT2D eigenvalue weighted by molar-refractivity contribution is -0.164. The van der Waals surface area contributed by atoms with E-state index in [0.717, 1.165) is 25.7 Å². The first-order chi connectivity index (χ1) is 14.2. The standard InChI is InChI=1S/C22H31FN4O3/c1-22(2,3)20(21-24-17-9-8-15(23)11-18(17)25-21)26-19(29)12-16(27(30)13-28)10-14-6-4-5-7-14/h8-9,11,13-14,16,20,30H,4-7,10,12H2,1-3H3,(H,24,25)(H,26,29). The number of nitrogens with zero attached hydrogens (tertiary/aromatic N) is 2. The maximum Gasteiger partial charge on any atom is 0.233 e. The smallest absolute Gasteiger partial charge is 0.233 e. The van der Waals surface area contributed by atoms with Gasteiger partial charge in [0.25, 0.3) is 0 Å². The molecule has 30 heavy (non-hydrogen) atoms. The number of amides is 2. The van der Waals surface area contributed by atoms with Crippen LogP contribution in [0.15, 0.2) is 18.2 Å². The highest BCUT2D eigenvalue weighted by molar-refractivity contribution is 5.78. The summed E-state index contributed by atoms with van der Waals surface area (Å²) in [5.41, 5.74) is 0.818. The number of aromatic amines is 1. The number of fused-ring (bicyclic) bond motifs is 1. The van der Waals surface area contributed by atoms with E-state index < -0.39 is 12.1 Å². The number of nitrogens with one attached hydrogen (secondary N) is 2. The van der Waals surface area contributed by atoms with Gasteiger partial charge in [-0.15, -0.1) is 0 Å². The molecule has 1 saturated carbocycles. The Morgan fingerprint density at radius 1 is 1.40 bits per heavy atom. The average Bonchev–Trinajstić information content (AvgIpc) is 3.33. The Labute approximate surface area is 176 Å². The van der Waals surface area contributed by atoms with Gasteiger partial charge in [-0.2, -0.15) is 0 Å². The van der Waals surface area contributed by atoms with E-state index in [1.165, 1.54) is 12.1 Å². The van der Waals surface area contributed by atoms with Gasteiger partial charge in [-0.25, -0.2) is 14.4 Å². The second-order valence-electron chi connectivity index (χ2n) is 9.38. The third-order valence-electron chi connectivity index (χ3n) is 5.89. The fourth-order valence-electron chi connectivity index (χ4n) is 4.27. The molecule has 7 nitrogen and oxygen atoms in total. The predicted octanol–water partition coefficient (Wildman–Crippen LogP) is 4.09. The molecule has 1 aromatic heterocycles. The summed E-state index contributed by atoms with van der Waals surface area (Å²) in [6, 6.07) is 3.31. The number of aromatic nitrogens is 2. The van der Waals surface area contributed by atoms with Crippen LogP contribution in [-0.2, 0) is 9.59 Å². The van der Waals surface area contributed by atoms with E-state index in [1.54, 1.807) is 6.07 Å². The van der Waals surface area contributed by atoms with Crippen LogP contribution in [0.25, 0.3) is 11.0 Å². The molecular weight excluding hydrogens is 387 g/mol. The molecular formula is C22H31FN4O3. The first-order valence-electron chi connectivity index (χ1n) is 10.5. The number of halogens is 1. The Hall–Kier alpha value is -2.48. The van der Waals surface area contributed by atoms with E-state index in [-0.39, 0.29) is 23.6 Å². The number of hydrogen-bond acceptors (Lipinski definition) is 4. The third-order valence-corrected chi connectivity index (χ3v) is 5.89. The molecule has 1 aliphatic rings. The molecule has 0 radical (unpaired) electrons. The van der Waals surface area contributed by atoms with Crippen LogP contribution < -0.4 is 5.32 Å². The molecule has 0 bridgehead atoms. The normalized spacial score (nSPS) is 17.1. The number of imidazole rings is 1. The number of benzene rings is 1. The SMILES string of the molecule is CC(C)(C)C(NC(=O)CC(CC1CCCC1)N(O)C=O)c1nc2ccc(F)cc2[nH]1. The highest BCUT2D eigenvalue weighted by Gasteiger charge is 2.32. The molecule has 0 spiro atoms. The molecule has 0 aliphatic heterocycles. The van der Waals surface area contributed by atoms with Crippen molar-refractivity contribution in [2.24, 2.45) is 11.3 Å². The molecule has 1 heterocycles. The molecule has 8 heteroatoms. The Morgan fingerprint density at radius 2 is 2.10 bits per heavy atom. The van der Waals surface area contributed by atoms with Crippen molar-refractivity contribution >= 4 is 23.4 Å². The Balaban J connectivity index is 1.75. The summed E-state index contributed by atoms with van der Waals surface area (Å²) in [6.07, 6.45) is 5.39. The lowest BCUT2D eigenvalue weighted by Gasteiger charge is -2.31. The summed E-state index contributed by atoms with van der Waals surface area (Å²) < 4.78 is 13.5. The number of carbonyl (C=O) groups excluding carboxylic acids is 2. The first kappa shape index (κ1) is 22.2. The van der Waals surface area contributed by atoms with Gasteiger partial charge in [0.2, 0.25) is 12.3 Å². The van der Waals surface area contributed by atoms with Crippen LogP contribution in [0.5, 0.6) is 0 Å². The molecule has 2 unspecified atom stereocenters. The Kier molecular flexibility index (Phi) is 6.75. The van der Waals surface area contributed by atoms with Crippen LogP contribution in [-0.4, -0.2) is 38.6 Å². The van der Waals surface area contributed by atoms with Crippen LogP contribution in [0.4, 0.5) is 4.39 Å². The van der Waals surface area contributed by atoms with Crippen molar-refractivity contribution in [2.75, 3.05) is 0 Å². The van der Waals surface area contributed by atoms with Crippen molar-refractivity contribution < 1.29 is 19.2 Å². The van der Waals surface area contributed by atoms with E-state index in [9.17, 15) is 19.2 Å². The molecule has 2 atom stereocenters. The molecule has 1 fully saturated rings. The zero-order valence-electron chi connectivity index (χ0n) is 17.8. The summed E-state index contributed by atoms with van der Waals surface area (Å²) in [5.74, 6) is 0.326. The Bertz CT molecular complexity index is 886. The maximum atomic E-state index is 13.5. The van der Waals surface area contributed by atoms with Crippen LogP contribution in [0.2, 0.25) is 0 Å². The van der Waals surface area contributed by atoms with E-state index in [4.69, 9.17) is 0 Å². The van der Waals surface area contributed by atoms with Crippen molar-refractivity contribution in [1.29, 1.82) is 0 Å². The summed E-state index contributed by atoms with van der Waals surface area (Å²) in [7, 11) is 0. The van der Waals surface area contributed by atoms with Crippen LogP contribution in [0.1, 0.15) is 71.2 Å². The lowest BCUT2D eigenvalue weighted by Crippen LogP contribution is -2.42. The zero-order valence-corrected chi connectivity index (χ0v) is 17.8. The maximum absolute atomic E-state index is 13.5. The monoisotopic (exact) mass is 418 g/mol. The van der Waals surface area contributed by atoms with Gasteiger partial charge in [-0.05, 0) is 36.0 Å². The molecule has 0 saturated heterocycles. The second-order valence-corrected chi connectivity index (χ2v) is 9.38. The van der Waals surface area contributed by atoms with Crippen molar-refractivity contribution in [3.63, 3.8) is 0 Å². The average molecular weight is 419 g/mol. The highest BCUT2D eigenvalue weighted by Crippen LogP contribution is 2.33. The zero-order chi connectivity index (χ0) is 21.9. The molecule has 2 aromatic rings. The van der Waals surface area contributed by atoms with Crippen molar-refractivity contribution in [3.05, 3.63) is 29.8 Å². The minimum absolute atomic E-state index is 0.00712. The van der Waals surface area contributed by atoms with E-state index >= 15 is 0 Å². The predicted molar refractivity (Wildman–Crippen MR) is 111 cm³/mol. The van der Waals surface area contributed by atoms with E-state index in [2.05, 4.69) is 15.3 Å². The Morgan fingerprint density at radius 3 is 2.73 bits per heavy atom. The number of carbonyl (C=O) groups is 2. The van der Waals surface area contributed by atoms with Crippen molar-refractivity contribution in [2.45, 2.75) is 71.4 Å². The van der Waals surface area contributed by atoms with Crippen molar-refractivity contribution in [1.82, 2.24) is 20.3 Å². The molecule has 3 rings (SSSR count). The van der Waals surface area contributed by atoms with Gasteiger partial charge < -0.3 is 10.3 Å². The van der Waals surface area contributed by atoms with E-state index in [1.807, 2.05) is 20.8 Å². The lowest BCUT2D eigenvalue weighted by atomic mass is 9.86. The van der Waals surface area contributed by atoms with Gasteiger partial charge in [0.15, 0.2) is 0 Å². The van der Waals surface area contributed by atoms with Gasteiger partial charge in [0.05, 0.1) is 23.1 Å². The summed E-state index contributed by atoms with van der Waals surface area (Å²) >= 11 is 0. The topological polar surface area (TPSA) is 98.3 Å². The van der Waals surface area contributed by atoms with Gasteiger partial charge in [-0.3, -0.25) is 14.8 Å². The number of rotatable bonds is 8. The quantitative estimate of drug-likeness (QED) is 0.342. The van der Waals surface area contributed by atoms with Crippen LogP contribution in [0, 0.1) is 17.2 Å². The highest BCUT2D eigenvalue weighted by atomic mass is 19.1. The molecule has 1 aliphatic carbocycles. The van der Waals surface area contributed by atoms with Crippen LogP contribution >= 0.6 is 0 Å². The van der Waals surface area contributed by atoms with Crippen LogP contribution in [0.3, 0.4) is 0 Å². The fraction of sp³-hybridized carbons (Fsp3) is 0.591. The molecule has 1 aromatic carbocycles. The van der Waals surface area contributed by atoms with Gasteiger partial charge in [0.1, 0.15) is 11.6 Å². The first-order valence-corrected chi connectivity index (χ1v) is 10.5. The van der Waals surface area contributed by atoms with E-state index in [0.29, 0.717) is 40.7 Å². The molecule has 3 N–H and O–H groups in total. The minimum Gasteiger partial charge on any atom is -0.346 e. The largest absolute Gasteiger partial charge is 0.346 e. The summed E-state index contributed by atoms with van der Waals surface area (Å²) in [5, 5.41) is 13.6. The van der Waals surface area contributed by atoms with Gasteiger partial charge in [0, 0.05) is 6.42 Å².